The minimum Gasteiger partial charge on any atom is -0.478 e. The number of aliphatic hydroxyl groups excluding tert-OH is 1. The summed E-state index contributed by atoms with van der Waals surface area (Å²) in [6.07, 6.45) is 0.754. The number of carboxylic acids is 1. The molecule has 0 aromatic heterocycles. The number of hydrogen-bond donors (Lipinski definition) is 2. The van der Waals surface area contributed by atoms with Crippen molar-refractivity contribution in [3.63, 3.8) is 0 Å². The standard InChI is InChI=1S/C12H17NO3/c1-13(7-2-8-14)9-10-3-5-11(6-4-10)12(15)16/h3-6,14H,2,7-9H2,1H3,(H,15,16). The third-order valence-corrected chi connectivity index (χ3v) is 2.35. The third kappa shape index (κ3) is 4.00. The highest BCUT2D eigenvalue weighted by Crippen LogP contribution is 2.07. The summed E-state index contributed by atoms with van der Waals surface area (Å²) in [5.74, 6) is -0.903. The largest absolute Gasteiger partial charge is 0.478 e. The molecule has 0 saturated heterocycles. The van der Waals surface area contributed by atoms with Gasteiger partial charge >= 0.3 is 5.97 Å². The molecule has 0 aliphatic rings. The predicted molar refractivity (Wildman–Crippen MR) is 61.4 cm³/mol. The lowest BCUT2D eigenvalue weighted by Gasteiger charge is -2.15. The van der Waals surface area contributed by atoms with Crippen LogP contribution in [0.4, 0.5) is 0 Å². The van der Waals surface area contributed by atoms with Crippen LogP contribution in [-0.4, -0.2) is 41.3 Å². The Morgan fingerprint density at radius 3 is 2.44 bits per heavy atom. The third-order valence-electron chi connectivity index (χ3n) is 2.35. The van der Waals surface area contributed by atoms with Gasteiger partial charge in [-0.2, -0.15) is 0 Å². The van der Waals surface area contributed by atoms with E-state index in [9.17, 15) is 4.79 Å². The lowest BCUT2D eigenvalue weighted by Crippen LogP contribution is -2.19. The van der Waals surface area contributed by atoms with E-state index in [0.717, 1.165) is 25.1 Å². The zero-order valence-corrected chi connectivity index (χ0v) is 9.39. The van der Waals surface area contributed by atoms with Crippen molar-refractivity contribution in [2.24, 2.45) is 0 Å². The average Bonchev–Trinajstić information content (AvgIpc) is 2.27. The Balaban J connectivity index is 2.51. The smallest absolute Gasteiger partial charge is 0.335 e. The zero-order valence-electron chi connectivity index (χ0n) is 9.39. The average molecular weight is 223 g/mol. The first-order chi connectivity index (χ1) is 7.63. The molecule has 1 aromatic carbocycles. The van der Waals surface area contributed by atoms with E-state index < -0.39 is 5.97 Å². The van der Waals surface area contributed by atoms with Crippen molar-refractivity contribution in [2.75, 3.05) is 20.2 Å². The number of carbonyl (C=O) groups is 1. The minimum atomic E-state index is -0.903. The molecular weight excluding hydrogens is 206 g/mol. The van der Waals surface area contributed by atoms with E-state index in [1.165, 1.54) is 0 Å². The molecule has 16 heavy (non-hydrogen) atoms. The van der Waals surface area contributed by atoms with E-state index in [2.05, 4.69) is 4.90 Å². The predicted octanol–water partition coefficient (Wildman–Crippen LogP) is 1.20. The van der Waals surface area contributed by atoms with Crippen LogP contribution in [0.2, 0.25) is 0 Å². The fourth-order valence-electron chi connectivity index (χ4n) is 1.48. The Kier molecular flexibility index (Phi) is 4.95. The second kappa shape index (κ2) is 6.25. The summed E-state index contributed by atoms with van der Waals surface area (Å²) in [4.78, 5) is 12.7. The summed E-state index contributed by atoms with van der Waals surface area (Å²) < 4.78 is 0. The highest BCUT2D eigenvalue weighted by molar-refractivity contribution is 5.87. The summed E-state index contributed by atoms with van der Waals surface area (Å²) in [5, 5.41) is 17.4. The Hall–Kier alpha value is -1.39. The summed E-state index contributed by atoms with van der Waals surface area (Å²) in [6.45, 7) is 1.79. The van der Waals surface area contributed by atoms with Crippen molar-refractivity contribution in [3.8, 4) is 0 Å². The van der Waals surface area contributed by atoms with Gasteiger partial charge in [0.05, 0.1) is 5.56 Å². The van der Waals surface area contributed by atoms with Crippen molar-refractivity contribution in [2.45, 2.75) is 13.0 Å². The van der Waals surface area contributed by atoms with Gasteiger partial charge in [0.25, 0.3) is 0 Å². The molecule has 0 radical (unpaired) electrons. The van der Waals surface area contributed by atoms with Gasteiger partial charge in [0.2, 0.25) is 0 Å². The maximum Gasteiger partial charge on any atom is 0.335 e. The van der Waals surface area contributed by atoms with E-state index in [0.29, 0.717) is 5.56 Å². The monoisotopic (exact) mass is 223 g/mol. The minimum absolute atomic E-state index is 0.197. The maximum atomic E-state index is 10.6. The Morgan fingerprint density at radius 2 is 1.94 bits per heavy atom. The first-order valence-corrected chi connectivity index (χ1v) is 5.25. The second-order valence-corrected chi connectivity index (χ2v) is 3.82. The Bertz CT molecular complexity index is 335. The molecule has 0 aliphatic heterocycles. The summed E-state index contributed by atoms with van der Waals surface area (Å²) in [5.41, 5.74) is 1.38. The molecule has 88 valence electrons. The van der Waals surface area contributed by atoms with Crippen molar-refractivity contribution in [3.05, 3.63) is 35.4 Å². The van der Waals surface area contributed by atoms with Crippen LogP contribution in [0.3, 0.4) is 0 Å². The first kappa shape index (κ1) is 12.7. The number of rotatable bonds is 6. The Morgan fingerprint density at radius 1 is 1.31 bits per heavy atom. The zero-order chi connectivity index (χ0) is 12.0. The number of hydrogen-bond acceptors (Lipinski definition) is 3. The van der Waals surface area contributed by atoms with Crippen molar-refractivity contribution < 1.29 is 15.0 Å². The van der Waals surface area contributed by atoms with Gasteiger partial charge in [-0.25, -0.2) is 4.79 Å². The second-order valence-electron chi connectivity index (χ2n) is 3.82. The first-order valence-electron chi connectivity index (χ1n) is 5.25. The van der Waals surface area contributed by atoms with Crippen molar-refractivity contribution in [1.29, 1.82) is 0 Å². The van der Waals surface area contributed by atoms with Crippen molar-refractivity contribution in [1.82, 2.24) is 4.90 Å². The molecule has 0 heterocycles. The van der Waals surface area contributed by atoms with Gasteiger partial charge in [-0.05, 0) is 31.2 Å². The number of aromatic carboxylic acids is 1. The fourth-order valence-corrected chi connectivity index (χ4v) is 1.48. The lowest BCUT2D eigenvalue weighted by molar-refractivity contribution is 0.0697. The van der Waals surface area contributed by atoms with E-state index in [1.54, 1.807) is 12.1 Å². The molecule has 0 bridgehead atoms. The van der Waals surface area contributed by atoms with Gasteiger partial charge in [0.1, 0.15) is 0 Å². The van der Waals surface area contributed by atoms with Crippen LogP contribution in [-0.2, 0) is 6.54 Å². The van der Waals surface area contributed by atoms with Crippen molar-refractivity contribution >= 4 is 5.97 Å². The quantitative estimate of drug-likeness (QED) is 0.760. The van der Waals surface area contributed by atoms with Crippen LogP contribution >= 0.6 is 0 Å². The maximum absolute atomic E-state index is 10.6. The highest BCUT2D eigenvalue weighted by Gasteiger charge is 2.03. The molecule has 0 atom stereocenters. The van der Waals surface area contributed by atoms with Gasteiger partial charge in [-0.1, -0.05) is 12.1 Å². The van der Waals surface area contributed by atoms with Crippen LogP contribution in [0.1, 0.15) is 22.3 Å². The molecule has 0 fully saturated rings. The van der Waals surface area contributed by atoms with Gasteiger partial charge in [0, 0.05) is 19.7 Å². The number of aliphatic hydroxyl groups is 1. The van der Waals surface area contributed by atoms with E-state index >= 15 is 0 Å². The topological polar surface area (TPSA) is 60.8 Å². The summed E-state index contributed by atoms with van der Waals surface area (Å²) in [7, 11) is 1.97. The number of nitrogens with zero attached hydrogens (tertiary/aromatic N) is 1. The van der Waals surface area contributed by atoms with Gasteiger partial charge < -0.3 is 15.1 Å². The van der Waals surface area contributed by atoms with E-state index in [-0.39, 0.29) is 6.61 Å². The number of benzene rings is 1. The summed E-state index contributed by atoms with van der Waals surface area (Å²) >= 11 is 0. The molecular formula is C12H17NO3. The molecule has 0 spiro atoms. The van der Waals surface area contributed by atoms with Gasteiger partial charge in [-0.15, -0.1) is 0 Å². The Labute approximate surface area is 95.1 Å². The fraction of sp³-hybridized carbons (Fsp3) is 0.417. The molecule has 0 amide bonds. The molecule has 0 unspecified atom stereocenters. The molecule has 2 N–H and O–H groups in total. The van der Waals surface area contributed by atoms with Crippen LogP contribution in [0.5, 0.6) is 0 Å². The van der Waals surface area contributed by atoms with Gasteiger partial charge in [-0.3, -0.25) is 0 Å². The van der Waals surface area contributed by atoms with Crippen LogP contribution in [0.15, 0.2) is 24.3 Å². The highest BCUT2D eigenvalue weighted by atomic mass is 16.4. The number of carboxylic acid groups (broad SMARTS) is 1. The molecule has 4 nitrogen and oxygen atoms in total. The SMILES string of the molecule is CN(CCCO)Cc1ccc(C(=O)O)cc1. The van der Waals surface area contributed by atoms with Crippen LogP contribution in [0, 0.1) is 0 Å². The van der Waals surface area contributed by atoms with Crippen LogP contribution in [0.25, 0.3) is 0 Å². The van der Waals surface area contributed by atoms with Crippen LogP contribution < -0.4 is 0 Å². The molecule has 0 aliphatic carbocycles. The summed E-state index contributed by atoms with van der Waals surface area (Å²) in [6, 6.07) is 6.85. The van der Waals surface area contributed by atoms with E-state index in [4.69, 9.17) is 10.2 Å². The molecule has 0 saturated carbocycles. The normalized spacial score (nSPS) is 10.7. The van der Waals surface area contributed by atoms with Gasteiger partial charge in [0.15, 0.2) is 0 Å². The molecule has 4 heteroatoms. The molecule has 1 aromatic rings. The molecule has 1 rings (SSSR count). The lowest BCUT2D eigenvalue weighted by atomic mass is 10.1. The van der Waals surface area contributed by atoms with E-state index in [1.807, 2.05) is 19.2 Å².